The molecule has 1 fully saturated rings. The molecule has 1 rings (SSSR count). The number of carbonyl (C=O) groups excluding carboxylic acids is 1. The van der Waals surface area contributed by atoms with Crippen molar-refractivity contribution in [3.63, 3.8) is 0 Å². The molecule has 3 N–H and O–H groups in total. The van der Waals surface area contributed by atoms with Gasteiger partial charge in [0.2, 0.25) is 0 Å². The molecular weight excluding hydrogens is 228 g/mol. The molecule has 0 atom stereocenters. The van der Waals surface area contributed by atoms with Gasteiger partial charge < -0.3 is 15.7 Å². The van der Waals surface area contributed by atoms with E-state index in [-0.39, 0.29) is 22.5 Å². The van der Waals surface area contributed by atoms with Crippen molar-refractivity contribution >= 4 is 5.91 Å². The number of nitrogens with one attached hydrogen (secondary N) is 2. The molecule has 4 nitrogen and oxygen atoms in total. The first-order valence-corrected chi connectivity index (χ1v) is 6.59. The minimum atomic E-state index is -1.30. The SMILES string of the molecule is CC(C)(C)NC(=O)C1(O)CC(C)(C)NC(C)(C)C1. The number of carbonyl (C=O) groups is 1. The summed E-state index contributed by atoms with van der Waals surface area (Å²) >= 11 is 0. The second-order valence-corrected chi connectivity index (χ2v) is 7.98. The lowest BCUT2D eigenvalue weighted by molar-refractivity contribution is -0.151. The number of amides is 1. The van der Waals surface area contributed by atoms with Crippen LogP contribution in [0.25, 0.3) is 0 Å². The van der Waals surface area contributed by atoms with Gasteiger partial charge in [0.1, 0.15) is 5.60 Å². The third kappa shape index (κ3) is 3.95. The summed E-state index contributed by atoms with van der Waals surface area (Å²) in [5.41, 5.74) is -2.14. The van der Waals surface area contributed by atoms with Crippen molar-refractivity contribution in [1.82, 2.24) is 10.6 Å². The van der Waals surface area contributed by atoms with Crippen molar-refractivity contribution in [3.8, 4) is 0 Å². The Bertz CT molecular complexity index is 324. The molecule has 1 heterocycles. The number of rotatable bonds is 1. The predicted octanol–water partition coefficient (Wildman–Crippen LogP) is 1.57. The monoisotopic (exact) mass is 256 g/mol. The molecule has 0 aliphatic carbocycles. The molecule has 1 aliphatic heterocycles. The van der Waals surface area contributed by atoms with Gasteiger partial charge >= 0.3 is 0 Å². The first-order chi connectivity index (χ1) is 7.75. The van der Waals surface area contributed by atoms with Crippen LogP contribution in [0.4, 0.5) is 0 Å². The van der Waals surface area contributed by atoms with Gasteiger partial charge in [-0.25, -0.2) is 0 Å². The van der Waals surface area contributed by atoms with Gasteiger partial charge in [-0.1, -0.05) is 0 Å². The van der Waals surface area contributed by atoms with Gasteiger partial charge in [0.25, 0.3) is 5.91 Å². The summed E-state index contributed by atoms with van der Waals surface area (Å²) in [6, 6.07) is 0. The van der Waals surface area contributed by atoms with Crippen molar-refractivity contribution in [2.45, 2.75) is 83.5 Å². The zero-order chi connectivity index (χ0) is 14.4. The Labute approximate surface area is 111 Å². The molecule has 18 heavy (non-hydrogen) atoms. The first kappa shape index (κ1) is 15.4. The second-order valence-electron chi connectivity index (χ2n) is 7.98. The van der Waals surface area contributed by atoms with Crippen LogP contribution < -0.4 is 10.6 Å². The van der Waals surface area contributed by atoms with Gasteiger partial charge in [-0.15, -0.1) is 0 Å². The van der Waals surface area contributed by atoms with Crippen LogP contribution in [0.15, 0.2) is 0 Å². The van der Waals surface area contributed by atoms with Gasteiger partial charge in [-0.05, 0) is 48.5 Å². The summed E-state index contributed by atoms with van der Waals surface area (Å²) < 4.78 is 0. The van der Waals surface area contributed by atoms with Crippen molar-refractivity contribution in [2.75, 3.05) is 0 Å². The minimum Gasteiger partial charge on any atom is -0.380 e. The molecule has 4 heteroatoms. The van der Waals surface area contributed by atoms with Crippen LogP contribution in [0.2, 0.25) is 0 Å². The largest absolute Gasteiger partial charge is 0.380 e. The van der Waals surface area contributed by atoms with Crippen LogP contribution in [0.3, 0.4) is 0 Å². The topological polar surface area (TPSA) is 61.4 Å². The number of hydrogen-bond donors (Lipinski definition) is 3. The van der Waals surface area contributed by atoms with Crippen molar-refractivity contribution in [2.24, 2.45) is 0 Å². The predicted molar refractivity (Wildman–Crippen MR) is 73.4 cm³/mol. The van der Waals surface area contributed by atoms with Crippen molar-refractivity contribution < 1.29 is 9.90 Å². The van der Waals surface area contributed by atoms with Crippen LogP contribution in [-0.4, -0.2) is 33.2 Å². The molecule has 0 bridgehead atoms. The Morgan fingerprint density at radius 2 is 1.50 bits per heavy atom. The van der Waals surface area contributed by atoms with E-state index in [1.165, 1.54) is 0 Å². The van der Waals surface area contributed by atoms with Gasteiger partial charge in [0.05, 0.1) is 0 Å². The Kier molecular flexibility index (Phi) is 3.61. The summed E-state index contributed by atoms with van der Waals surface area (Å²) in [4.78, 5) is 12.3. The molecule has 0 unspecified atom stereocenters. The summed E-state index contributed by atoms with van der Waals surface area (Å²) in [7, 11) is 0. The fourth-order valence-corrected chi connectivity index (χ4v) is 3.15. The molecule has 0 aromatic heterocycles. The second kappa shape index (κ2) is 4.20. The zero-order valence-corrected chi connectivity index (χ0v) is 12.8. The highest BCUT2D eigenvalue weighted by Crippen LogP contribution is 2.36. The average Bonchev–Trinajstić information content (AvgIpc) is 1.91. The average molecular weight is 256 g/mol. The Morgan fingerprint density at radius 1 is 1.11 bits per heavy atom. The molecule has 0 spiro atoms. The lowest BCUT2D eigenvalue weighted by atomic mass is 9.72. The zero-order valence-electron chi connectivity index (χ0n) is 12.8. The molecule has 106 valence electrons. The van der Waals surface area contributed by atoms with E-state index >= 15 is 0 Å². The fraction of sp³-hybridized carbons (Fsp3) is 0.929. The lowest BCUT2D eigenvalue weighted by Gasteiger charge is -2.50. The minimum absolute atomic E-state index is 0.258. The van der Waals surface area contributed by atoms with Crippen molar-refractivity contribution in [3.05, 3.63) is 0 Å². The molecule has 0 aromatic carbocycles. The van der Waals surface area contributed by atoms with Gasteiger partial charge in [-0.2, -0.15) is 0 Å². The van der Waals surface area contributed by atoms with Gasteiger partial charge in [0.15, 0.2) is 0 Å². The maximum atomic E-state index is 12.3. The van der Waals surface area contributed by atoms with Gasteiger partial charge in [-0.3, -0.25) is 4.79 Å². The molecule has 0 aromatic rings. The highest BCUT2D eigenvalue weighted by Gasteiger charge is 2.50. The van der Waals surface area contributed by atoms with E-state index < -0.39 is 5.60 Å². The van der Waals surface area contributed by atoms with Gasteiger partial charge in [0, 0.05) is 29.5 Å². The summed E-state index contributed by atoms with van der Waals surface area (Å²) in [6.45, 7) is 13.8. The highest BCUT2D eigenvalue weighted by molar-refractivity contribution is 5.86. The summed E-state index contributed by atoms with van der Waals surface area (Å²) in [5.74, 6) is -0.266. The molecule has 1 saturated heterocycles. The Morgan fingerprint density at radius 3 is 1.83 bits per heavy atom. The molecular formula is C14H28N2O2. The normalized spacial score (nSPS) is 25.6. The third-order valence-electron chi connectivity index (χ3n) is 3.06. The molecule has 0 saturated carbocycles. The van der Waals surface area contributed by atoms with E-state index in [2.05, 4.69) is 10.6 Å². The number of piperidine rings is 1. The summed E-state index contributed by atoms with van der Waals surface area (Å²) in [5, 5.41) is 17.1. The maximum absolute atomic E-state index is 12.3. The van der Waals surface area contributed by atoms with Crippen molar-refractivity contribution in [1.29, 1.82) is 0 Å². The number of hydrogen-bond acceptors (Lipinski definition) is 3. The Hall–Kier alpha value is -0.610. The van der Waals surface area contributed by atoms with Crippen LogP contribution >= 0.6 is 0 Å². The lowest BCUT2D eigenvalue weighted by Crippen LogP contribution is -2.68. The van der Waals surface area contributed by atoms with Crippen LogP contribution in [0, 0.1) is 0 Å². The maximum Gasteiger partial charge on any atom is 0.252 e. The quantitative estimate of drug-likeness (QED) is 0.667. The molecule has 0 radical (unpaired) electrons. The highest BCUT2D eigenvalue weighted by atomic mass is 16.3. The Balaban J connectivity index is 2.94. The summed E-state index contributed by atoms with van der Waals surface area (Å²) in [6.07, 6.45) is 0.844. The van der Waals surface area contributed by atoms with Crippen LogP contribution in [0.5, 0.6) is 0 Å². The standard InChI is InChI=1S/C14H28N2O2/c1-11(2,3)15-10(17)14(18)8-12(4,5)16-13(6,7)9-14/h16,18H,8-9H2,1-7H3,(H,15,17). The van der Waals surface area contributed by atoms with E-state index in [1.54, 1.807) is 0 Å². The van der Waals surface area contributed by atoms with Crippen LogP contribution in [-0.2, 0) is 4.79 Å². The first-order valence-electron chi connectivity index (χ1n) is 6.59. The molecule has 1 amide bonds. The number of aliphatic hydroxyl groups is 1. The smallest absolute Gasteiger partial charge is 0.252 e. The van der Waals surface area contributed by atoms with Crippen LogP contribution in [0.1, 0.15) is 61.3 Å². The van der Waals surface area contributed by atoms with E-state index in [1.807, 2.05) is 48.5 Å². The third-order valence-corrected chi connectivity index (χ3v) is 3.06. The van der Waals surface area contributed by atoms with E-state index in [0.29, 0.717) is 12.8 Å². The fourth-order valence-electron chi connectivity index (χ4n) is 3.15. The van der Waals surface area contributed by atoms with E-state index in [4.69, 9.17) is 0 Å². The van der Waals surface area contributed by atoms with E-state index in [0.717, 1.165) is 0 Å². The molecule has 1 aliphatic rings. The van der Waals surface area contributed by atoms with E-state index in [9.17, 15) is 9.90 Å².